The number of anilines is 1. The van der Waals surface area contributed by atoms with Crippen LogP contribution in [0.5, 0.6) is 0 Å². The van der Waals surface area contributed by atoms with Crippen LogP contribution >= 0.6 is 24.0 Å². The lowest BCUT2D eigenvalue weighted by Gasteiger charge is -2.30. The number of amides is 1. The van der Waals surface area contributed by atoms with Crippen LogP contribution in [0.1, 0.15) is 45.1 Å². The number of benzene rings is 1. The molecule has 0 aliphatic carbocycles. The summed E-state index contributed by atoms with van der Waals surface area (Å²) < 4.78 is 0. The van der Waals surface area contributed by atoms with Gasteiger partial charge in [-0.3, -0.25) is 4.79 Å². The fourth-order valence-electron chi connectivity index (χ4n) is 3.83. The van der Waals surface area contributed by atoms with Gasteiger partial charge in [0.05, 0.1) is 6.54 Å². The maximum absolute atomic E-state index is 11.9. The third-order valence-electron chi connectivity index (χ3n) is 5.68. The van der Waals surface area contributed by atoms with Gasteiger partial charge >= 0.3 is 0 Å². The first-order valence-corrected chi connectivity index (χ1v) is 10.8. The third kappa shape index (κ3) is 7.44. The van der Waals surface area contributed by atoms with Crippen molar-refractivity contribution < 1.29 is 4.79 Å². The Kier molecular flexibility index (Phi) is 10.2. The fourth-order valence-corrected chi connectivity index (χ4v) is 3.83. The van der Waals surface area contributed by atoms with Gasteiger partial charge in [0.2, 0.25) is 5.91 Å². The molecule has 0 aromatic heterocycles. The van der Waals surface area contributed by atoms with Crippen molar-refractivity contribution in [3.05, 3.63) is 29.8 Å². The average Bonchev–Trinajstić information content (AvgIpc) is 3.14. The first kappa shape index (κ1) is 23.9. The number of halogens is 1. The lowest BCUT2D eigenvalue weighted by atomic mass is 9.99. The van der Waals surface area contributed by atoms with Crippen molar-refractivity contribution in [2.75, 3.05) is 44.2 Å². The van der Waals surface area contributed by atoms with E-state index in [4.69, 9.17) is 4.99 Å². The number of rotatable bonds is 7. The van der Waals surface area contributed by atoms with E-state index < -0.39 is 0 Å². The molecule has 2 fully saturated rings. The fraction of sp³-hybridized carbons (Fsp3) is 0.636. The van der Waals surface area contributed by atoms with E-state index >= 15 is 0 Å². The third-order valence-corrected chi connectivity index (χ3v) is 5.68. The van der Waals surface area contributed by atoms with Crippen LogP contribution in [0.4, 0.5) is 5.69 Å². The Balaban J connectivity index is 0.00000300. The molecule has 0 unspecified atom stereocenters. The zero-order valence-electron chi connectivity index (χ0n) is 17.8. The van der Waals surface area contributed by atoms with Crippen LogP contribution in [-0.2, 0) is 11.3 Å². The summed E-state index contributed by atoms with van der Waals surface area (Å²) in [5.74, 6) is 1.97. The molecule has 3 rings (SSSR count). The van der Waals surface area contributed by atoms with E-state index in [-0.39, 0.29) is 29.9 Å². The highest BCUT2D eigenvalue weighted by molar-refractivity contribution is 14.0. The van der Waals surface area contributed by atoms with Crippen molar-refractivity contribution in [1.82, 2.24) is 15.5 Å². The molecule has 1 aromatic carbocycles. The van der Waals surface area contributed by atoms with Gasteiger partial charge in [0, 0.05) is 38.3 Å². The molecule has 7 heteroatoms. The maximum atomic E-state index is 11.9. The molecule has 0 saturated carbocycles. The summed E-state index contributed by atoms with van der Waals surface area (Å²) in [6.45, 7) is 11.2. The van der Waals surface area contributed by atoms with Gasteiger partial charge in [-0.15, -0.1) is 24.0 Å². The molecule has 2 heterocycles. The monoisotopic (exact) mass is 513 g/mol. The van der Waals surface area contributed by atoms with E-state index in [1.165, 1.54) is 25.9 Å². The van der Waals surface area contributed by atoms with Crippen LogP contribution in [0.2, 0.25) is 0 Å². The van der Waals surface area contributed by atoms with Crippen LogP contribution in [0.25, 0.3) is 0 Å². The van der Waals surface area contributed by atoms with Crippen LogP contribution in [0, 0.1) is 5.92 Å². The molecular formula is C22H36IN5O. The number of carbonyl (C=O) groups is 1. The average molecular weight is 513 g/mol. The molecule has 1 aromatic rings. The quantitative estimate of drug-likeness (QED) is 0.334. The Morgan fingerprint density at radius 1 is 1.14 bits per heavy atom. The summed E-state index contributed by atoms with van der Waals surface area (Å²) >= 11 is 0. The Morgan fingerprint density at radius 2 is 1.86 bits per heavy atom. The first-order chi connectivity index (χ1) is 13.7. The SMILES string of the molecule is CCNC(=NCc1ccc(N2CCCC2=O)cc1)NCCN1CCC(C)CC1.I. The second kappa shape index (κ2) is 12.4. The highest BCUT2D eigenvalue weighted by atomic mass is 127. The van der Waals surface area contributed by atoms with Gasteiger partial charge in [-0.05, 0) is 62.9 Å². The van der Waals surface area contributed by atoms with E-state index in [0.717, 1.165) is 55.7 Å². The van der Waals surface area contributed by atoms with Gasteiger partial charge in [0.15, 0.2) is 5.96 Å². The van der Waals surface area contributed by atoms with Crippen molar-refractivity contribution >= 4 is 41.5 Å². The highest BCUT2D eigenvalue weighted by Crippen LogP contribution is 2.21. The number of nitrogens with zero attached hydrogens (tertiary/aromatic N) is 3. The lowest BCUT2D eigenvalue weighted by Crippen LogP contribution is -2.43. The van der Waals surface area contributed by atoms with E-state index in [2.05, 4.69) is 41.5 Å². The van der Waals surface area contributed by atoms with Crippen LogP contribution in [0.15, 0.2) is 29.3 Å². The van der Waals surface area contributed by atoms with Crippen LogP contribution < -0.4 is 15.5 Å². The molecule has 162 valence electrons. The summed E-state index contributed by atoms with van der Waals surface area (Å²) in [5.41, 5.74) is 2.15. The topological polar surface area (TPSA) is 60.0 Å². The zero-order chi connectivity index (χ0) is 19.8. The first-order valence-electron chi connectivity index (χ1n) is 10.8. The van der Waals surface area contributed by atoms with E-state index in [1.807, 2.05) is 17.0 Å². The van der Waals surface area contributed by atoms with Gasteiger partial charge in [-0.25, -0.2) is 4.99 Å². The van der Waals surface area contributed by atoms with Crippen molar-refractivity contribution in [2.45, 2.75) is 46.1 Å². The number of nitrogens with one attached hydrogen (secondary N) is 2. The molecule has 1 amide bonds. The van der Waals surface area contributed by atoms with Gasteiger partial charge in [-0.1, -0.05) is 19.1 Å². The molecule has 0 atom stereocenters. The number of aliphatic imine (C=N–C) groups is 1. The molecular weight excluding hydrogens is 477 g/mol. The predicted molar refractivity (Wildman–Crippen MR) is 131 cm³/mol. The van der Waals surface area contributed by atoms with Crippen molar-refractivity contribution in [2.24, 2.45) is 10.9 Å². The second-order valence-corrected chi connectivity index (χ2v) is 7.96. The van der Waals surface area contributed by atoms with E-state index in [1.54, 1.807) is 0 Å². The number of hydrogen-bond acceptors (Lipinski definition) is 3. The van der Waals surface area contributed by atoms with Gasteiger partial charge in [0.1, 0.15) is 0 Å². The minimum atomic E-state index is 0. The molecule has 2 aliphatic heterocycles. The molecule has 29 heavy (non-hydrogen) atoms. The maximum Gasteiger partial charge on any atom is 0.227 e. The zero-order valence-corrected chi connectivity index (χ0v) is 20.2. The largest absolute Gasteiger partial charge is 0.357 e. The minimum Gasteiger partial charge on any atom is -0.357 e. The summed E-state index contributed by atoms with van der Waals surface area (Å²) in [6.07, 6.45) is 4.25. The Morgan fingerprint density at radius 3 is 2.48 bits per heavy atom. The molecule has 2 aliphatic rings. The van der Waals surface area contributed by atoms with Gasteiger partial charge in [-0.2, -0.15) is 0 Å². The molecule has 0 spiro atoms. The Bertz CT molecular complexity index is 656. The number of guanidine groups is 1. The summed E-state index contributed by atoms with van der Waals surface area (Å²) in [4.78, 5) is 21.0. The van der Waals surface area contributed by atoms with Crippen LogP contribution in [0.3, 0.4) is 0 Å². The molecule has 0 radical (unpaired) electrons. The Hall–Kier alpha value is -1.35. The van der Waals surface area contributed by atoms with E-state index in [9.17, 15) is 4.79 Å². The minimum absolute atomic E-state index is 0. The van der Waals surface area contributed by atoms with Gasteiger partial charge < -0.3 is 20.4 Å². The smallest absolute Gasteiger partial charge is 0.227 e. The predicted octanol–water partition coefficient (Wildman–Crippen LogP) is 3.22. The summed E-state index contributed by atoms with van der Waals surface area (Å²) in [6, 6.07) is 8.21. The van der Waals surface area contributed by atoms with Crippen molar-refractivity contribution in [1.29, 1.82) is 0 Å². The van der Waals surface area contributed by atoms with Crippen molar-refractivity contribution in [3.63, 3.8) is 0 Å². The van der Waals surface area contributed by atoms with Crippen molar-refractivity contribution in [3.8, 4) is 0 Å². The van der Waals surface area contributed by atoms with Crippen LogP contribution in [-0.4, -0.2) is 56.0 Å². The Labute approximate surface area is 192 Å². The number of hydrogen-bond donors (Lipinski definition) is 2. The van der Waals surface area contributed by atoms with Gasteiger partial charge in [0.25, 0.3) is 0 Å². The lowest BCUT2D eigenvalue weighted by molar-refractivity contribution is -0.117. The molecule has 0 bridgehead atoms. The highest BCUT2D eigenvalue weighted by Gasteiger charge is 2.21. The van der Waals surface area contributed by atoms with E-state index in [0.29, 0.717) is 13.0 Å². The summed E-state index contributed by atoms with van der Waals surface area (Å²) in [7, 11) is 0. The molecule has 2 saturated heterocycles. The number of piperidine rings is 1. The normalized spacial score (nSPS) is 18.6. The molecule has 6 nitrogen and oxygen atoms in total. The standard InChI is InChI=1S/C22H35N5O.HI/c1-3-23-22(24-12-16-26-14-10-18(2)11-15-26)25-17-19-6-8-20(9-7-19)27-13-4-5-21(27)28;/h6-9,18H,3-5,10-17H2,1-2H3,(H2,23,24,25);1H. The molecule has 2 N–H and O–H groups in total. The summed E-state index contributed by atoms with van der Waals surface area (Å²) in [5, 5.41) is 6.78. The number of likely N-dealkylation sites (tertiary alicyclic amines) is 1. The number of carbonyl (C=O) groups excluding carboxylic acids is 1. The second-order valence-electron chi connectivity index (χ2n) is 7.96.